The van der Waals surface area contributed by atoms with Crippen LogP contribution in [0.25, 0.3) is 0 Å². The van der Waals surface area contributed by atoms with E-state index in [4.69, 9.17) is 0 Å². The van der Waals surface area contributed by atoms with Crippen molar-refractivity contribution < 1.29 is 15.0 Å². The van der Waals surface area contributed by atoms with E-state index < -0.39 is 12.1 Å². The molecule has 0 aromatic carbocycles. The van der Waals surface area contributed by atoms with Crippen LogP contribution in [0.15, 0.2) is 36.5 Å². The van der Waals surface area contributed by atoms with Gasteiger partial charge in [-0.05, 0) is 57.8 Å². The van der Waals surface area contributed by atoms with E-state index in [-0.39, 0.29) is 12.5 Å². The number of carbonyl (C=O) groups is 1. The summed E-state index contributed by atoms with van der Waals surface area (Å²) in [6, 6.07) is -0.639. The Kier molecular flexibility index (Phi) is 43.8. The van der Waals surface area contributed by atoms with E-state index in [0.717, 1.165) is 32.1 Å². The van der Waals surface area contributed by atoms with Crippen LogP contribution in [0.5, 0.6) is 0 Å². The first-order chi connectivity index (χ1) is 26.2. The van der Waals surface area contributed by atoms with Crippen molar-refractivity contribution in [1.82, 2.24) is 5.32 Å². The smallest absolute Gasteiger partial charge is 0.220 e. The highest BCUT2D eigenvalue weighted by atomic mass is 16.3. The molecule has 0 aliphatic heterocycles. The van der Waals surface area contributed by atoms with Crippen molar-refractivity contribution in [3.8, 4) is 0 Å². The van der Waals surface area contributed by atoms with E-state index in [1.165, 1.54) is 199 Å². The molecular formula is C49H93NO3. The molecule has 2 unspecified atom stereocenters. The molecule has 0 fully saturated rings. The first kappa shape index (κ1) is 51.6. The maximum Gasteiger partial charge on any atom is 0.220 e. The van der Waals surface area contributed by atoms with Crippen LogP contribution in [0.1, 0.15) is 251 Å². The summed E-state index contributed by atoms with van der Waals surface area (Å²) in [5.74, 6) is -0.0745. The molecule has 4 nitrogen and oxygen atoms in total. The van der Waals surface area contributed by atoms with Gasteiger partial charge in [-0.2, -0.15) is 0 Å². The van der Waals surface area contributed by atoms with E-state index in [1.807, 2.05) is 6.08 Å². The predicted octanol–water partition coefficient (Wildman–Crippen LogP) is 15.0. The summed E-state index contributed by atoms with van der Waals surface area (Å²) >= 11 is 0. The van der Waals surface area contributed by atoms with Gasteiger partial charge in [-0.1, -0.05) is 224 Å². The lowest BCUT2D eigenvalue weighted by Gasteiger charge is -2.19. The Morgan fingerprint density at radius 1 is 0.434 bits per heavy atom. The topological polar surface area (TPSA) is 69.6 Å². The molecule has 0 aromatic heterocycles. The van der Waals surface area contributed by atoms with Gasteiger partial charge in [-0.3, -0.25) is 4.79 Å². The monoisotopic (exact) mass is 744 g/mol. The minimum Gasteiger partial charge on any atom is -0.394 e. The molecule has 0 aliphatic carbocycles. The zero-order chi connectivity index (χ0) is 38.6. The van der Waals surface area contributed by atoms with Crippen molar-refractivity contribution in [3.63, 3.8) is 0 Å². The Morgan fingerprint density at radius 2 is 0.736 bits per heavy atom. The highest BCUT2D eigenvalue weighted by Gasteiger charge is 2.17. The number of amides is 1. The first-order valence-corrected chi connectivity index (χ1v) is 23.7. The highest BCUT2D eigenvalue weighted by molar-refractivity contribution is 5.76. The molecule has 0 bridgehead atoms. The number of carbonyl (C=O) groups excluding carboxylic acids is 1. The van der Waals surface area contributed by atoms with E-state index in [9.17, 15) is 15.0 Å². The molecule has 4 heteroatoms. The van der Waals surface area contributed by atoms with E-state index in [1.54, 1.807) is 6.08 Å². The van der Waals surface area contributed by atoms with Crippen LogP contribution in [0.3, 0.4) is 0 Å². The van der Waals surface area contributed by atoms with Crippen molar-refractivity contribution in [1.29, 1.82) is 0 Å². The van der Waals surface area contributed by atoms with Gasteiger partial charge < -0.3 is 15.5 Å². The average molecular weight is 744 g/mol. The number of rotatable bonds is 43. The second-order valence-electron chi connectivity index (χ2n) is 16.2. The summed E-state index contributed by atoms with van der Waals surface area (Å²) in [6.45, 7) is 4.31. The number of aliphatic hydroxyl groups is 2. The number of nitrogens with one attached hydrogen (secondary N) is 1. The molecule has 312 valence electrons. The molecule has 0 saturated carbocycles. The molecule has 2 atom stereocenters. The lowest BCUT2D eigenvalue weighted by Crippen LogP contribution is -2.45. The number of allylic oxidation sites excluding steroid dienone is 5. The standard InChI is InChI=1S/C49H93NO3/c1-3-5-7-9-11-13-15-17-19-21-23-24-25-27-28-30-32-34-36-38-40-42-44-48(52)47(46-51)50-49(53)45-43-41-39-37-35-33-31-29-26-22-20-18-16-14-12-10-8-6-4-2/h18,20,34,36,42,44,47-48,51-52H,3-17,19,21-33,35,37-41,43,45-46H2,1-2H3,(H,50,53)/b20-18-,36-34+,44-42+. The molecule has 0 spiro atoms. The van der Waals surface area contributed by atoms with Crippen molar-refractivity contribution in [2.45, 2.75) is 264 Å². The molecule has 53 heavy (non-hydrogen) atoms. The minimum absolute atomic E-state index is 0.0745. The summed E-state index contributed by atoms with van der Waals surface area (Å²) in [5, 5.41) is 23.0. The summed E-state index contributed by atoms with van der Waals surface area (Å²) in [5.41, 5.74) is 0. The van der Waals surface area contributed by atoms with Crippen LogP contribution < -0.4 is 5.32 Å². The maximum atomic E-state index is 12.4. The highest BCUT2D eigenvalue weighted by Crippen LogP contribution is 2.15. The quantitative estimate of drug-likeness (QED) is 0.0430. The van der Waals surface area contributed by atoms with Crippen LogP contribution in [0.2, 0.25) is 0 Å². The van der Waals surface area contributed by atoms with Gasteiger partial charge in [-0.25, -0.2) is 0 Å². The second-order valence-corrected chi connectivity index (χ2v) is 16.2. The third-order valence-corrected chi connectivity index (χ3v) is 10.8. The maximum absolute atomic E-state index is 12.4. The van der Waals surface area contributed by atoms with Crippen molar-refractivity contribution in [3.05, 3.63) is 36.5 Å². The molecule has 0 aromatic rings. The summed E-state index contributed by atoms with van der Waals surface area (Å²) in [6.07, 6.45) is 59.8. The number of unbranched alkanes of at least 4 members (excludes halogenated alkanes) is 32. The van der Waals surface area contributed by atoms with Crippen molar-refractivity contribution >= 4 is 5.91 Å². The fourth-order valence-corrected chi connectivity index (χ4v) is 7.19. The molecule has 0 radical (unpaired) electrons. The number of aliphatic hydroxyl groups excluding tert-OH is 2. The summed E-state index contributed by atoms with van der Waals surface area (Å²) in [4.78, 5) is 12.4. The van der Waals surface area contributed by atoms with Crippen LogP contribution in [-0.2, 0) is 4.79 Å². The van der Waals surface area contributed by atoms with Crippen LogP contribution >= 0.6 is 0 Å². The van der Waals surface area contributed by atoms with Gasteiger partial charge >= 0.3 is 0 Å². The Labute approximate surface area is 331 Å². The molecular weight excluding hydrogens is 651 g/mol. The van der Waals surface area contributed by atoms with Crippen LogP contribution in [-0.4, -0.2) is 34.9 Å². The zero-order valence-electron chi connectivity index (χ0n) is 35.8. The summed E-state index contributed by atoms with van der Waals surface area (Å²) in [7, 11) is 0. The Morgan fingerprint density at radius 3 is 1.09 bits per heavy atom. The van der Waals surface area contributed by atoms with Gasteiger partial charge in [0.2, 0.25) is 5.91 Å². The Hall–Kier alpha value is -1.39. The third-order valence-electron chi connectivity index (χ3n) is 10.8. The molecule has 0 heterocycles. The van der Waals surface area contributed by atoms with Crippen LogP contribution in [0.4, 0.5) is 0 Å². The normalized spacial score (nSPS) is 13.2. The second kappa shape index (κ2) is 45.0. The van der Waals surface area contributed by atoms with Gasteiger partial charge in [0.05, 0.1) is 18.8 Å². The third kappa shape index (κ3) is 41.6. The largest absolute Gasteiger partial charge is 0.394 e. The minimum atomic E-state index is -0.862. The fraction of sp³-hybridized carbons (Fsp3) is 0.857. The number of hydrogen-bond donors (Lipinski definition) is 3. The zero-order valence-corrected chi connectivity index (χ0v) is 35.8. The van der Waals surface area contributed by atoms with Crippen molar-refractivity contribution in [2.75, 3.05) is 6.61 Å². The fourth-order valence-electron chi connectivity index (χ4n) is 7.19. The molecule has 3 N–H and O–H groups in total. The van der Waals surface area contributed by atoms with Gasteiger partial charge in [0.15, 0.2) is 0 Å². The molecule has 1 amide bonds. The van der Waals surface area contributed by atoms with Gasteiger partial charge in [0.25, 0.3) is 0 Å². The molecule has 0 rings (SSSR count). The van der Waals surface area contributed by atoms with Crippen LogP contribution in [0, 0.1) is 0 Å². The van der Waals surface area contributed by atoms with E-state index in [0.29, 0.717) is 6.42 Å². The lowest BCUT2D eigenvalue weighted by atomic mass is 10.0. The number of hydrogen-bond acceptors (Lipinski definition) is 3. The molecule has 0 saturated heterocycles. The SMILES string of the molecule is CCCCCCCC/C=C\CCCCCCCCCCCC(=O)NC(CO)C(O)/C=C/CC/C=C/CCCCCCCCCCCCCCCCCC. The first-order valence-electron chi connectivity index (χ1n) is 23.7. The van der Waals surface area contributed by atoms with E-state index >= 15 is 0 Å². The Bertz CT molecular complexity index is 806. The van der Waals surface area contributed by atoms with Crippen molar-refractivity contribution in [2.24, 2.45) is 0 Å². The average Bonchev–Trinajstić information content (AvgIpc) is 3.16. The molecule has 0 aliphatic rings. The predicted molar refractivity (Wildman–Crippen MR) is 235 cm³/mol. The van der Waals surface area contributed by atoms with E-state index in [2.05, 4.69) is 43.5 Å². The lowest BCUT2D eigenvalue weighted by molar-refractivity contribution is -0.123. The Balaban J connectivity index is 3.58. The summed E-state index contributed by atoms with van der Waals surface area (Å²) < 4.78 is 0. The van der Waals surface area contributed by atoms with Gasteiger partial charge in [0, 0.05) is 6.42 Å². The van der Waals surface area contributed by atoms with Gasteiger partial charge in [-0.15, -0.1) is 0 Å². The van der Waals surface area contributed by atoms with Gasteiger partial charge in [0.1, 0.15) is 0 Å².